The van der Waals surface area contributed by atoms with E-state index in [1.165, 1.54) is 0 Å². The van der Waals surface area contributed by atoms with Gasteiger partial charge in [-0.1, -0.05) is 0 Å². The van der Waals surface area contributed by atoms with E-state index in [9.17, 15) is 22.8 Å². The SMILES string of the molecule is CCOCOc1cc(C(F)(F)F)cc(C)c1-c1ccc2c(C=O)n(C3CCC(=O)N(C)C3)nc2n1. The van der Waals surface area contributed by atoms with Crippen LogP contribution in [0.5, 0.6) is 5.75 Å². The number of pyridine rings is 1. The summed E-state index contributed by atoms with van der Waals surface area (Å²) >= 11 is 0. The number of nitrogens with zero attached hydrogens (tertiary/aromatic N) is 4. The molecule has 1 atom stereocenters. The van der Waals surface area contributed by atoms with Crippen LogP contribution in [0.1, 0.15) is 47.4 Å². The largest absolute Gasteiger partial charge is 0.467 e. The predicted octanol–water partition coefficient (Wildman–Crippen LogP) is 4.40. The van der Waals surface area contributed by atoms with Crippen LogP contribution in [0.4, 0.5) is 13.2 Å². The maximum absolute atomic E-state index is 13.4. The zero-order valence-corrected chi connectivity index (χ0v) is 19.6. The van der Waals surface area contributed by atoms with E-state index in [1.54, 1.807) is 42.6 Å². The summed E-state index contributed by atoms with van der Waals surface area (Å²) in [5.74, 6) is 0.0171. The molecule has 0 aliphatic carbocycles. The van der Waals surface area contributed by atoms with Crippen molar-refractivity contribution in [1.29, 1.82) is 0 Å². The Labute approximate surface area is 199 Å². The summed E-state index contributed by atoms with van der Waals surface area (Å²) in [6.07, 6.45) is -2.96. The van der Waals surface area contributed by atoms with Crippen LogP contribution < -0.4 is 4.74 Å². The van der Waals surface area contributed by atoms with Crippen LogP contribution in [0.3, 0.4) is 0 Å². The van der Waals surface area contributed by atoms with E-state index in [1.807, 2.05) is 0 Å². The number of aldehydes is 1. The summed E-state index contributed by atoms with van der Waals surface area (Å²) in [6.45, 7) is 3.83. The van der Waals surface area contributed by atoms with Crippen molar-refractivity contribution >= 4 is 23.2 Å². The Kier molecular flexibility index (Phi) is 6.79. The summed E-state index contributed by atoms with van der Waals surface area (Å²) in [5, 5.41) is 5.05. The Morgan fingerprint density at radius 1 is 1.26 bits per heavy atom. The van der Waals surface area contributed by atoms with Gasteiger partial charge in [0.15, 0.2) is 18.7 Å². The Morgan fingerprint density at radius 2 is 2.03 bits per heavy atom. The van der Waals surface area contributed by atoms with Crippen molar-refractivity contribution in [3.63, 3.8) is 0 Å². The molecule has 1 aliphatic heterocycles. The lowest BCUT2D eigenvalue weighted by Crippen LogP contribution is -2.38. The van der Waals surface area contributed by atoms with Gasteiger partial charge in [-0.15, -0.1) is 0 Å². The standard InChI is InChI=1S/C24H25F3N4O4/c1-4-34-13-35-20-10-15(24(25,26)27)9-14(2)22(20)18-7-6-17-19(12-32)31(29-23(17)28-18)16-5-8-21(33)30(3)11-16/h6-7,9-10,12,16H,4-5,8,11,13H2,1-3H3. The Bertz CT molecular complexity index is 1270. The second-order valence-electron chi connectivity index (χ2n) is 8.40. The van der Waals surface area contributed by atoms with E-state index in [2.05, 4.69) is 10.1 Å². The lowest BCUT2D eigenvalue weighted by atomic mass is 10.00. The third-order valence-electron chi connectivity index (χ3n) is 6.04. The molecule has 1 unspecified atom stereocenters. The van der Waals surface area contributed by atoms with Crippen molar-refractivity contribution in [2.75, 3.05) is 27.0 Å². The number of alkyl halides is 3. The molecule has 0 saturated carbocycles. The first kappa shape index (κ1) is 24.6. The lowest BCUT2D eigenvalue weighted by molar-refractivity contribution is -0.137. The number of likely N-dealkylation sites (tertiary alicyclic amines) is 1. The van der Waals surface area contributed by atoms with E-state index in [0.29, 0.717) is 60.2 Å². The first-order valence-electron chi connectivity index (χ1n) is 11.1. The van der Waals surface area contributed by atoms with Crippen molar-refractivity contribution in [1.82, 2.24) is 19.7 Å². The number of carbonyl (C=O) groups excluding carboxylic acids is 2. The summed E-state index contributed by atoms with van der Waals surface area (Å²) in [5.41, 5.74) is 0.830. The average Bonchev–Trinajstić information content (AvgIpc) is 3.18. The molecule has 1 saturated heterocycles. The second-order valence-corrected chi connectivity index (χ2v) is 8.40. The van der Waals surface area contributed by atoms with Gasteiger partial charge in [0.25, 0.3) is 0 Å². The number of fused-ring (bicyclic) bond motifs is 1. The molecule has 3 heterocycles. The molecule has 1 aliphatic rings. The third-order valence-corrected chi connectivity index (χ3v) is 6.04. The molecule has 2 aromatic heterocycles. The molecule has 3 aromatic rings. The molecule has 186 valence electrons. The minimum absolute atomic E-state index is 0.0138. The fourth-order valence-electron chi connectivity index (χ4n) is 4.28. The molecular weight excluding hydrogens is 465 g/mol. The van der Waals surface area contributed by atoms with Crippen molar-refractivity contribution in [3.05, 3.63) is 41.1 Å². The fourth-order valence-corrected chi connectivity index (χ4v) is 4.28. The molecule has 0 bridgehead atoms. The van der Waals surface area contributed by atoms with Gasteiger partial charge >= 0.3 is 6.18 Å². The highest BCUT2D eigenvalue weighted by Gasteiger charge is 2.33. The van der Waals surface area contributed by atoms with Gasteiger partial charge in [0.1, 0.15) is 11.4 Å². The molecule has 0 N–H and O–H groups in total. The monoisotopic (exact) mass is 490 g/mol. The van der Waals surface area contributed by atoms with E-state index >= 15 is 0 Å². The summed E-state index contributed by atoms with van der Waals surface area (Å²) in [4.78, 5) is 30.0. The minimum Gasteiger partial charge on any atom is -0.467 e. The van der Waals surface area contributed by atoms with Crippen LogP contribution in [-0.2, 0) is 15.7 Å². The van der Waals surface area contributed by atoms with Crippen molar-refractivity contribution in [2.45, 2.75) is 38.9 Å². The van der Waals surface area contributed by atoms with Gasteiger partial charge in [0.2, 0.25) is 5.91 Å². The van der Waals surface area contributed by atoms with Gasteiger partial charge in [0.05, 0.1) is 17.3 Å². The highest BCUT2D eigenvalue weighted by Crippen LogP contribution is 2.40. The van der Waals surface area contributed by atoms with Gasteiger partial charge in [-0.2, -0.15) is 18.3 Å². The molecule has 1 fully saturated rings. The number of hydrogen-bond donors (Lipinski definition) is 0. The van der Waals surface area contributed by atoms with E-state index in [4.69, 9.17) is 9.47 Å². The number of carbonyl (C=O) groups is 2. The Hall–Kier alpha value is -3.47. The van der Waals surface area contributed by atoms with Crippen LogP contribution in [-0.4, -0.2) is 58.8 Å². The van der Waals surface area contributed by atoms with Crippen LogP contribution in [0.2, 0.25) is 0 Å². The maximum Gasteiger partial charge on any atom is 0.416 e. The van der Waals surface area contributed by atoms with E-state index < -0.39 is 11.7 Å². The van der Waals surface area contributed by atoms with Crippen molar-refractivity contribution in [2.24, 2.45) is 0 Å². The Balaban J connectivity index is 1.80. The molecule has 1 aromatic carbocycles. The number of hydrogen-bond acceptors (Lipinski definition) is 6. The number of aromatic nitrogens is 3. The quantitative estimate of drug-likeness (QED) is 0.277. The van der Waals surface area contributed by atoms with Crippen molar-refractivity contribution in [3.8, 4) is 17.0 Å². The summed E-state index contributed by atoms with van der Waals surface area (Å²) in [7, 11) is 1.70. The fraction of sp³-hybridized carbons (Fsp3) is 0.417. The highest BCUT2D eigenvalue weighted by atomic mass is 19.4. The zero-order valence-electron chi connectivity index (χ0n) is 19.6. The molecule has 11 heteroatoms. The first-order chi connectivity index (χ1) is 16.6. The molecule has 8 nitrogen and oxygen atoms in total. The molecule has 1 amide bonds. The number of piperidine rings is 1. The maximum atomic E-state index is 13.4. The number of halogens is 3. The van der Waals surface area contributed by atoms with E-state index in [0.717, 1.165) is 12.1 Å². The number of ether oxygens (including phenoxy) is 2. The molecule has 4 rings (SSSR count). The van der Waals surface area contributed by atoms with Crippen LogP contribution in [0.15, 0.2) is 24.3 Å². The van der Waals surface area contributed by atoms with Crippen LogP contribution in [0, 0.1) is 6.92 Å². The summed E-state index contributed by atoms with van der Waals surface area (Å²) in [6, 6.07) is 5.08. The lowest BCUT2D eigenvalue weighted by Gasteiger charge is -2.30. The number of likely N-dealkylation sites (N-methyl/N-ethyl adjacent to an activating group) is 1. The zero-order chi connectivity index (χ0) is 25.3. The number of aryl methyl sites for hydroxylation is 1. The number of amides is 1. The van der Waals surface area contributed by atoms with Crippen LogP contribution in [0.25, 0.3) is 22.3 Å². The van der Waals surface area contributed by atoms with Gasteiger partial charge in [-0.25, -0.2) is 4.98 Å². The van der Waals surface area contributed by atoms with E-state index in [-0.39, 0.29) is 30.1 Å². The van der Waals surface area contributed by atoms with Crippen LogP contribution >= 0.6 is 0 Å². The minimum atomic E-state index is -4.55. The van der Waals surface area contributed by atoms with Crippen molar-refractivity contribution < 1.29 is 32.2 Å². The van der Waals surface area contributed by atoms with Gasteiger partial charge < -0.3 is 14.4 Å². The normalized spacial score (nSPS) is 16.7. The van der Waals surface area contributed by atoms with Gasteiger partial charge in [0, 0.05) is 37.6 Å². The molecule has 35 heavy (non-hydrogen) atoms. The smallest absolute Gasteiger partial charge is 0.416 e. The predicted molar refractivity (Wildman–Crippen MR) is 121 cm³/mol. The third kappa shape index (κ3) is 4.86. The van der Waals surface area contributed by atoms with Gasteiger partial charge in [-0.05, 0) is 50.1 Å². The Morgan fingerprint density at radius 3 is 2.69 bits per heavy atom. The highest BCUT2D eigenvalue weighted by molar-refractivity contribution is 5.95. The summed E-state index contributed by atoms with van der Waals surface area (Å²) < 4.78 is 52.6. The topological polar surface area (TPSA) is 86.5 Å². The first-order valence-corrected chi connectivity index (χ1v) is 11.1. The number of benzene rings is 1. The molecule has 0 spiro atoms. The molecule has 0 radical (unpaired) electrons. The second kappa shape index (κ2) is 9.65. The van der Waals surface area contributed by atoms with Gasteiger partial charge in [-0.3, -0.25) is 14.3 Å². The average molecular weight is 490 g/mol. The molecular formula is C24H25F3N4O4. The number of rotatable bonds is 7.